The number of likely N-dealkylation sites (tertiary alicyclic amines) is 1. The van der Waals surface area contributed by atoms with Gasteiger partial charge in [0.1, 0.15) is 0 Å². The lowest BCUT2D eigenvalue weighted by atomic mass is 9.89. The third-order valence-corrected chi connectivity index (χ3v) is 6.84. The Hall–Kier alpha value is -1.46. The van der Waals surface area contributed by atoms with Crippen LogP contribution >= 0.6 is 34.8 Å². The molecule has 0 radical (unpaired) electrons. The molecule has 0 saturated carbocycles. The lowest BCUT2D eigenvalue weighted by molar-refractivity contribution is 0.0870. The molecule has 1 unspecified atom stereocenters. The Morgan fingerprint density at radius 2 is 1.63 bits per heavy atom. The first kappa shape index (κ1) is 21.8. The normalized spacial score (nSPS) is 21.0. The number of piperidine rings is 1. The Morgan fingerprint density at radius 1 is 0.933 bits per heavy atom. The van der Waals surface area contributed by atoms with Crippen LogP contribution in [0.1, 0.15) is 18.4 Å². The Labute approximate surface area is 192 Å². The Morgan fingerprint density at radius 3 is 2.37 bits per heavy atom. The summed E-state index contributed by atoms with van der Waals surface area (Å²) in [5.74, 6) is 0.907. The van der Waals surface area contributed by atoms with Crippen molar-refractivity contribution in [1.82, 2.24) is 4.90 Å². The topological polar surface area (TPSA) is 32.8 Å². The van der Waals surface area contributed by atoms with Crippen LogP contribution in [0.15, 0.2) is 42.5 Å². The number of rotatable bonds is 5. The van der Waals surface area contributed by atoms with E-state index < -0.39 is 0 Å². The van der Waals surface area contributed by atoms with Crippen LogP contribution in [-0.4, -0.2) is 43.8 Å². The van der Waals surface area contributed by atoms with E-state index in [0.717, 1.165) is 60.2 Å². The molecule has 0 aliphatic carbocycles. The molecule has 4 nitrogen and oxygen atoms in total. The molecule has 2 aromatic carbocycles. The largest absolute Gasteiger partial charge is 0.449 e. The number of halogens is 3. The second-order valence-corrected chi connectivity index (χ2v) is 9.49. The highest BCUT2D eigenvalue weighted by atomic mass is 35.5. The standard InChI is InChI=1S/C23H25Cl3N2O2/c24-19-1-4-21(5-2-19)28-14-17(15-30-23(28)29)13-27-9-7-16(8-10-27)11-18-12-20(25)3-6-22(18)26/h1-6,12,16-17H,7-11,13-15H2. The van der Waals surface area contributed by atoms with Crippen LogP contribution in [0.25, 0.3) is 0 Å². The second kappa shape index (κ2) is 9.78. The van der Waals surface area contributed by atoms with Crippen LogP contribution in [-0.2, 0) is 11.2 Å². The van der Waals surface area contributed by atoms with Crippen molar-refractivity contribution >= 4 is 46.6 Å². The number of anilines is 1. The van der Waals surface area contributed by atoms with Crippen LogP contribution in [0, 0.1) is 11.8 Å². The van der Waals surface area contributed by atoms with Gasteiger partial charge >= 0.3 is 6.09 Å². The van der Waals surface area contributed by atoms with Gasteiger partial charge in [0.2, 0.25) is 0 Å². The van der Waals surface area contributed by atoms with Gasteiger partial charge in [-0.05, 0) is 86.3 Å². The molecule has 7 heteroatoms. The maximum Gasteiger partial charge on any atom is 0.414 e. The van der Waals surface area contributed by atoms with Gasteiger partial charge in [-0.3, -0.25) is 4.90 Å². The average molecular weight is 468 g/mol. The molecule has 2 saturated heterocycles. The van der Waals surface area contributed by atoms with Gasteiger partial charge in [-0.2, -0.15) is 0 Å². The number of carbonyl (C=O) groups excluding carboxylic acids is 1. The molecule has 0 spiro atoms. The lowest BCUT2D eigenvalue weighted by Gasteiger charge is -2.38. The minimum Gasteiger partial charge on any atom is -0.449 e. The van der Waals surface area contributed by atoms with Crippen molar-refractivity contribution in [1.29, 1.82) is 0 Å². The van der Waals surface area contributed by atoms with E-state index in [1.807, 2.05) is 30.3 Å². The lowest BCUT2D eigenvalue weighted by Crippen LogP contribution is -2.48. The van der Waals surface area contributed by atoms with E-state index in [1.54, 1.807) is 17.0 Å². The molecule has 4 rings (SSSR count). The van der Waals surface area contributed by atoms with E-state index in [4.69, 9.17) is 39.5 Å². The van der Waals surface area contributed by atoms with Gasteiger partial charge in [0, 0.05) is 39.8 Å². The summed E-state index contributed by atoms with van der Waals surface area (Å²) in [5, 5.41) is 2.19. The van der Waals surface area contributed by atoms with Crippen molar-refractivity contribution in [3.05, 3.63) is 63.1 Å². The molecule has 0 N–H and O–H groups in total. The molecule has 2 heterocycles. The molecule has 0 bridgehead atoms. The van der Waals surface area contributed by atoms with Crippen molar-refractivity contribution in [2.75, 3.05) is 37.7 Å². The molecule has 30 heavy (non-hydrogen) atoms. The number of amides is 1. The zero-order chi connectivity index (χ0) is 21.1. The van der Waals surface area contributed by atoms with E-state index in [0.29, 0.717) is 24.1 Å². The zero-order valence-electron chi connectivity index (χ0n) is 16.7. The predicted molar refractivity (Wildman–Crippen MR) is 123 cm³/mol. The van der Waals surface area contributed by atoms with Gasteiger partial charge in [-0.1, -0.05) is 34.8 Å². The summed E-state index contributed by atoms with van der Waals surface area (Å²) in [6.07, 6.45) is 2.95. The van der Waals surface area contributed by atoms with E-state index in [9.17, 15) is 4.79 Å². The number of hydrogen-bond donors (Lipinski definition) is 0. The monoisotopic (exact) mass is 466 g/mol. The molecule has 2 aromatic rings. The zero-order valence-corrected chi connectivity index (χ0v) is 19.0. The van der Waals surface area contributed by atoms with Crippen LogP contribution in [0.4, 0.5) is 10.5 Å². The Bertz CT molecular complexity index is 883. The van der Waals surface area contributed by atoms with Crippen molar-refractivity contribution < 1.29 is 9.53 Å². The fourth-order valence-corrected chi connectivity index (χ4v) is 4.86. The van der Waals surface area contributed by atoms with E-state index in [1.165, 1.54) is 0 Å². The molecule has 160 valence electrons. The fraction of sp³-hybridized carbons (Fsp3) is 0.435. The van der Waals surface area contributed by atoms with Crippen LogP contribution in [0.5, 0.6) is 0 Å². The van der Waals surface area contributed by atoms with Crippen LogP contribution in [0.3, 0.4) is 0 Å². The summed E-state index contributed by atoms with van der Waals surface area (Å²) in [4.78, 5) is 16.4. The highest BCUT2D eigenvalue weighted by Crippen LogP contribution is 2.29. The molecule has 1 amide bonds. The van der Waals surface area contributed by atoms with E-state index in [-0.39, 0.29) is 12.0 Å². The first-order valence-corrected chi connectivity index (χ1v) is 11.5. The second-order valence-electron chi connectivity index (χ2n) is 8.21. The number of hydrogen-bond acceptors (Lipinski definition) is 3. The number of nitrogens with zero attached hydrogens (tertiary/aromatic N) is 2. The highest BCUT2D eigenvalue weighted by molar-refractivity contribution is 6.33. The minimum atomic E-state index is -0.286. The maximum atomic E-state index is 12.2. The van der Waals surface area contributed by atoms with Crippen LogP contribution in [0.2, 0.25) is 15.1 Å². The summed E-state index contributed by atoms with van der Waals surface area (Å²) in [7, 11) is 0. The van der Waals surface area contributed by atoms with Gasteiger partial charge in [0.05, 0.1) is 6.61 Å². The average Bonchev–Trinajstić information content (AvgIpc) is 2.74. The van der Waals surface area contributed by atoms with Gasteiger partial charge in [-0.25, -0.2) is 4.79 Å². The van der Waals surface area contributed by atoms with Gasteiger partial charge in [0.25, 0.3) is 0 Å². The molecular formula is C23H25Cl3N2O2. The SMILES string of the molecule is O=C1OCC(CN2CCC(Cc3cc(Cl)ccc3Cl)CC2)CN1c1ccc(Cl)cc1. The molecule has 1 atom stereocenters. The third kappa shape index (κ3) is 5.42. The van der Waals surface area contributed by atoms with Gasteiger partial charge in [-0.15, -0.1) is 0 Å². The molecule has 2 aliphatic rings. The van der Waals surface area contributed by atoms with Crippen LogP contribution < -0.4 is 4.90 Å². The smallest absolute Gasteiger partial charge is 0.414 e. The van der Waals surface area contributed by atoms with E-state index >= 15 is 0 Å². The minimum absolute atomic E-state index is 0.286. The first-order chi connectivity index (χ1) is 14.5. The molecular weight excluding hydrogens is 443 g/mol. The summed E-state index contributed by atoms with van der Waals surface area (Å²) < 4.78 is 5.45. The van der Waals surface area contributed by atoms with Crippen molar-refractivity contribution in [3.63, 3.8) is 0 Å². The van der Waals surface area contributed by atoms with E-state index in [2.05, 4.69) is 4.90 Å². The van der Waals surface area contributed by atoms with Crippen molar-refractivity contribution in [3.8, 4) is 0 Å². The number of ether oxygens (including phenoxy) is 1. The quantitative estimate of drug-likeness (QED) is 0.527. The number of carbonyl (C=O) groups is 1. The third-order valence-electron chi connectivity index (χ3n) is 5.98. The number of cyclic esters (lactones) is 1. The summed E-state index contributed by atoms with van der Waals surface area (Å²) in [6, 6.07) is 13.0. The Balaban J connectivity index is 1.29. The number of benzene rings is 2. The predicted octanol–water partition coefficient (Wildman–Crippen LogP) is 6.17. The Kier molecular flexibility index (Phi) is 7.09. The highest BCUT2D eigenvalue weighted by Gasteiger charge is 2.30. The molecule has 2 fully saturated rings. The molecule has 2 aliphatic heterocycles. The van der Waals surface area contributed by atoms with Gasteiger partial charge in [0.15, 0.2) is 0 Å². The fourth-order valence-electron chi connectivity index (χ4n) is 4.34. The maximum absolute atomic E-state index is 12.2. The summed E-state index contributed by atoms with van der Waals surface area (Å²) in [5.41, 5.74) is 1.96. The summed E-state index contributed by atoms with van der Waals surface area (Å²) in [6.45, 7) is 4.17. The summed E-state index contributed by atoms with van der Waals surface area (Å²) >= 11 is 18.4. The van der Waals surface area contributed by atoms with Crippen molar-refractivity contribution in [2.45, 2.75) is 19.3 Å². The first-order valence-electron chi connectivity index (χ1n) is 10.3. The van der Waals surface area contributed by atoms with Gasteiger partial charge < -0.3 is 9.64 Å². The molecule has 0 aromatic heterocycles. The van der Waals surface area contributed by atoms with Crippen molar-refractivity contribution in [2.24, 2.45) is 11.8 Å².